The number of halogens is 2. The number of hydrogen-bond donors (Lipinski definition) is 1. The molecule has 1 amide bonds. The quantitative estimate of drug-likeness (QED) is 0.921. The van der Waals surface area contributed by atoms with E-state index in [2.05, 4.69) is 10.3 Å². The van der Waals surface area contributed by atoms with Gasteiger partial charge in [0, 0.05) is 31.4 Å². The van der Waals surface area contributed by atoms with Crippen LogP contribution in [0.2, 0.25) is 0 Å². The molecule has 4 nitrogen and oxygen atoms in total. The van der Waals surface area contributed by atoms with Gasteiger partial charge in [0.05, 0.1) is 11.2 Å². The molecular weight excluding hydrogens is 293 g/mol. The van der Waals surface area contributed by atoms with E-state index >= 15 is 0 Å². The molecular formula is C11H19Cl2N3OS. The van der Waals surface area contributed by atoms with Gasteiger partial charge in [-0.15, -0.1) is 36.2 Å². The number of aryl methyl sites for hydroxylation is 1. The zero-order chi connectivity index (χ0) is 11.4. The van der Waals surface area contributed by atoms with Crippen LogP contribution in [-0.4, -0.2) is 42.0 Å². The number of hydrogen-bond acceptors (Lipinski definition) is 4. The van der Waals surface area contributed by atoms with Gasteiger partial charge in [-0.25, -0.2) is 4.98 Å². The molecule has 104 valence electrons. The lowest BCUT2D eigenvalue weighted by Crippen LogP contribution is -2.38. The molecule has 1 atom stereocenters. The number of nitrogens with zero attached hydrogens (tertiary/aromatic N) is 2. The fourth-order valence-corrected chi connectivity index (χ4v) is 2.54. The van der Waals surface area contributed by atoms with Crippen LogP contribution in [0.25, 0.3) is 0 Å². The van der Waals surface area contributed by atoms with Crippen molar-refractivity contribution in [3.8, 4) is 0 Å². The molecule has 1 N–H and O–H groups in total. The maximum atomic E-state index is 11.9. The van der Waals surface area contributed by atoms with Gasteiger partial charge < -0.3 is 10.2 Å². The zero-order valence-corrected chi connectivity index (χ0v) is 12.7. The Morgan fingerprint density at radius 3 is 2.94 bits per heavy atom. The predicted molar refractivity (Wildman–Crippen MR) is 79.0 cm³/mol. The van der Waals surface area contributed by atoms with Gasteiger partial charge in [-0.2, -0.15) is 0 Å². The molecule has 1 unspecified atom stereocenters. The van der Waals surface area contributed by atoms with Crippen LogP contribution in [0.5, 0.6) is 0 Å². The van der Waals surface area contributed by atoms with Gasteiger partial charge in [0.1, 0.15) is 0 Å². The standard InChI is InChI=1S/C11H17N3OS.2ClH/c1-14(10-4-5-12-6-10)11(15)3-2-9-7-16-8-13-9;;/h7-8,10,12H,2-6H2,1H3;2*1H. The lowest BCUT2D eigenvalue weighted by Gasteiger charge is -2.23. The van der Waals surface area contributed by atoms with E-state index in [1.165, 1.54) is 0 Å². The second kappa shape index (κ2) is 8.69. The molecule has 0 spiro atoms. The maximum absolute atomic E-state index is 11.9. The molecule has 1 aromatic rings. The number of likely N-dealkylation sites (N-methyl/N-ethyl adjacent to an activating group) is 1. The summed E-state index contributed by atoms with van der Waals surface area (Å²) in [5, 5.41) is 5.28. The molecule has 7 heteroatoms. The second-order valence-corrected chi connectivity index (χ2v) is 4.85. The average Bonchev–Trinajstić information content (AvgIpc) is 2.96. The van der Waals surface area contributed by atoms with E-state index in [9.17, 15) is 4.79 Å². The van der Waals surface area contributed by atoms with Crippen LogP contribution in [-0.2, 0) is 11.2 Å². The Morgan fingerprint density at radius 2 is 2.39 bits per heavy atom. The Morgan fingerprint density at radius 1 is 1.61 bits per heavy atom. The van der Waals surface area contributed by atoms with Crippen molar-refractivity contribution in [3.63, 3.8) is 0 Å². The molecule has 0 aromatic carbocycles. The summed E-state index contributed by atoms with van der Waals surface area (Å²) in [6, 6.07) is 0.378. The highest BCUT2D eigenvalue weighted by molar-refractivity contribution is 7.07. The third-order valence-corrected chi connectivity index (χ3v) is 3.69. The van der Waals surface area contributed by atoms with Crippen LogP contribution >= 0.6 is 36.2 Å². The molecule has 2 rings (SSSR count). The number of aromatic nitrogens is 1. The number of nitrogens with one attached hydrogen (secondary N) is 1. The SMILES string of the molecule is CN(C(=O)CCc1cscn1)C1CCNC1.Cl.Cl. The lowest BCUT2D eigenvalue weighted by atomic mass is 10.2. The smallest absolute Gasteiger partial charge is 0.222 e. The molecule has 1 fully saturated rings. The minimum Gasteiger partial charge on any atom is -0.341 e. The highest BCUT2D eigenvalue weighted by Gasteiger charge is 2.22. The van der Waals surface area contributed by atoms with Crippen molar-refractivity contribution in [2.45, 2.75) is 25.3 Å². The van der Waals surface area contributed by atoms with Gasteiger partial charge in [-0.1, -0.05) is 0 Å². The maximum Gasteiger partial charge on any atom is 0.222 e. The van der Waals surface area contributed by atoms with Gasteiger partial charge in [-0.3, -0.25) is 4.79 Å². The molecule has 1 aromatic heterocycles. The summed E-state index contributed by atoms with van der Waals surface area (Å²) in [4.78, 5) is 18.0. The molecule has 0 aliphatic carbocycles. The normalized spacial score (nSPS) is 17.7. The molecule has 1 aliphatic heterocycles. The minimum atomic E-state index is 0. The monoisotopic (exact) mass is 311 g/mol. The summed E-state index contributed by atoms with van der Waals surface area (Å²) in [6.45, 7) is 1.95. The van der Waals surface area contributed by atoms with E-state index in [-0.39, 0.29) is 30.7 Å². The Hall–Kier alpha value is -0.360. The summed E-state index contributed by atoms with van der Waals surface area (Å²) in [5.41, 5.74) is 2.83. The van der Waals surface area contributed by atoms with E-state index in [4.69, 9.17) is 0 Å². The highest BCUT2D eigenvalue weighted by Crippen LogP contribution is 2.10. The summed E-state index contributed by atoms with van der Waals surface area (Å²) in [7, 11) is 1.90. The summed E-state index contributed by atoms with van der Waals surface area (Å²) in [5.74, 6) is 0.224. The molecule has 2 heterocycles. The fraction of sp³-hybridized carbons (Fsp3) is 0.636. The number of amides is 1. The largest absolute Gasteiger partial charge is 0.341 e. The Balaban J connectivity index is 0.00000144. The predicted octanol–water partition coefficient (Wildman–Crippen LogP) is 1.74. The molecule has 0 saturated carbocycles. The van der Waals surface area contributed by atoms with E-state index < -0.39 is 0 Å². The summed E-state index contributed by atoms with van der Waals surface area (Å²) >= 11 is 1.58. The van der Waals surface area contributed by atoms with Crippen LogP contribution in [0.4, 0.5) is 0 Å². The van der Waals surface area contributed by atoms with E-state index in [1.54, 1.807) is 11.3 Å². The van der Waals surface area contributed by atoms with Crippen molar-refractivity contribution >= 4 is 42.1 Å². The van der Waals surface area contributed by atoms with Crippen LogP contribution in [0.1, 0.15) is 18.5 Å². The van der Waals surface area contributed by atoms with E-state index in [0.29, 0.717) is 12.5 Å². The van der Waals surface area contributed by atoms with Crippen LogP contribution in [0, 0.1) is 0 Å². The van der Waals surface area contributed by atoms with Crippen molar-refractivity contribution in [3.05, 3.63) is 16.6 Å². The van der Waals surface area contributed by atoms with Gasteiger partial charge >= 0.3 is 0 Å². The second-order valence-electron chi connectivity index (χ2n) is 4.13. The van der Waals surface area contributed by atoms with Gasteiger partial charge in [-0.05, 0) is 19.4 Å². The first-order valence-corrected chi connectivity index (χ1v) is 6.55. The molecule has 1 saturated heterocycles. The molecule has 0 bridgehead atoms. The van der Waals surface area contributed by atoms with Crippen molar-refractivity contribution in [1.82, 2.24) is 15.2 Å². The molecule has 18 heavy (non-hydrogen) atoms. The number of carbonyl (C=O) groups excluding carboxylic acids is 1. The van der Waals surface area contributed by atoms with Gasteiger partial charge in [0.2, 0.25) is 5.91 Å². The van der Waals surface area contributed by atoms with Gasteiger partial charge in [0.25, 0.3) is 0 Å². The Bertz CT molecular complexity index is 342. The number of carbonyl (C=O) groups is 1. The topological polar surface area (TPSA) is 45.2 Å². The number of thiazole rings is 1. The average molecular weight is 312 g/mol. The highest BCUT2D eigenvalue weighted by atomic mass is 35.5. The van der Waals surface area contributed by atoms with Crippen molar-refractivity contribution in [1.29, 1.82) is 0 Å². The van der Waals surface area contributed by atoms with Crippen LogP contribution in [0.15, 0.2) is 10.9 Å². The van der Waals surface area contributed by atoms with Gasteiger partial charge in [0.15, 0.2) is 0 Å². The van der Waals surface area contributed by atoms with Crippen LogP contribution in [0.3, 0.4) is 0 Å². The number of rotatable bonds is 4. The third-order valence-electron chi connectivity index (χ3n) is 3.05. The summed E-state index contributed by atoms with van der Waals surface area (Å²) in [6.07, 6.45) is 2.39. The Kier molecular flexibility index (Phi) is 8.52. The minimum absolute atomic E-state index is 0. The van der Waals surface area contributed by atoms with Crippen molar-refractivity contribution in [2.24, 2.45) is 0 Å². The van der Waals surface area contributed by atoms with E-state index in [0.717, 1.165) is 31.6 Å². The van der Waals surface area contributed by atoms with Crippen LogP contribution < -0.4 is 5.32 Å². The first-order chi connectivity index (χ1) is 7.77. The summed E-state index contributed by atoms with van der Waals surface area (Å²) < 4.78 is 0. The van der Waals surface area contributed by atoms with Crippen molar-refractivity contribution < 1.29 is 4.79 Å². The zero-order valence-electron chi connectivity index (χ0n) is 10.3. The fourth-order valence-electron chi connectivity index (χ4n) is 1.95. The Labute approximate surface area is 124 Å². The third kappa shape index (κ3) is 4.72. The lowest BCUT2D eigenvalue weighted by molar-refractivity contribution is -0.131. The molecule has 0 radical (unpaired) electrons. The first-order valence-electron chi connectivity index (χ1n) is 5.61. The van der Waals surface area contributed by atoms with Crippen molar-refractivity contribution in [2.75, 3.05) is 20.1 Å². The molecule has 1 aliphatic rings. The first kappa shape index (κ1) is 17.6. The van der Waals surface area contributed by atoms with E-state index in [1.807, 2.05) is 22.8 Å².